The molecule has 100 valence electrons. The van der Waals surface area contributed by atoms with E-state index in [0.717, 1.165) is 18.5 Å². The Morgan fingerprint density at radius 2 is 2.11 bits per heavy atom. The van der Waals surface area contributed by atoms with E-state index in [-0.39, 0.29) is 11.4 Å². The molecule has 4 heteroatoms. The number of carboxylic acids is 1. The van der Waals surface area contributed by atoms with Crippen molar-refractivity contribution in [2.45, 2.75) is 40.5 Å². The van der Waals surface area contributed by atoms with Gasteiger partial charge in [0.25, 0.3) is 0 Å². The van der Waals surface area contributed by atoms with E-state index >= 15 is 0 Å². The largest absolute Gasteiger partial charge is 0.477 e. The van der Waals surface area contributed by atoms with Gasteiger partial charge in [-0.3, -0.25) is 0 Å². The van der Waals surface area contributed by atoms with Crippen molar-refractivity contribution in [2.24, 2.45) is 5.92 Å². The summed E-state index contributed by atoms with van der Waals surface area (Å²) in [5.41, 5.74) is 1.63. The smallest absolute Gasteiger partial charge is 0.341 e. The van der Waals surface area contributed by atoms with Gasteiger partial charge in [0, 0.05) is 5.69 Å². The molecule has 0 unspecified atom stereocenters. The Kier molecular flexibility index (Phi) is 5.13. The van der Waals surface area contributed by atoms with Crippen LogP contribution in [0.3, 0.4) is 0 Å². The third-order valence-electron chi connectivity index (χ3n) is 2.69. The highest BCUT2D eigenvalue weighted by molar-refractivity contribution is 5.91. The lowest BCUT2D eigenvalue weighted by atomic mass is 10.1. The Bertz CT molecular complexity index is 427. The number of carbonyl (C=O) groups is 1. The molecule has 18 heavy (non-hydrogen) atoms. The molecule has 0 bridgehead atoms. The third-order valence-corrected chi connectivity index (χ3v) is 2.69. The molecule has 4 nitrogen and oxygen atoms in total. The summed E-state index contributed by atoms with van der Waals surface area (Å²) in [5.74, 6) is -0.123. The number of hydrogen-bond acceptors (Lipinski definition) is 3. The maximum Gasteiger partial charge on any atom is 0.341 e. The van der Waals surface area contributed by atoms with Gasteiger partial charge in [0.05, 0.1) is 6.61 Å². The predicted molar refractivity (Wildman–Crippen MR) is 70.2 cm³/mol. The van der Waals surface area contributed by atoms with Crippen molar-refractivity contribution in [3.05, 3.63) is 22.9 Å². The van der Waals surface area contributed by atoms with Gasteiger partial charge in [-0.25, -0.2) is 9.78 Å². The van der Waals surface area contributed by atoms with Gasteiger partial charge < -0.3 is 9.84 Å². The fourth-order valence-corrected chi connectivity index (χ4v) is 1.83. The van der Waals surface area contributed by atoms with Crippen molar-refractivity contribution >= 4 is 5.97 Å². The standard InChI is InChI=1S/C14H21NO3/c1-9(2)6-5-7-18-13-12(14(16)17)10(3)8-11(4)15-13/h8-9H,5-7H2,1-4H3,(H,16,17). The van der Waals surface area contributed by atoms with Crippen molar-refractivity contribution in [2.75, 3.05) is 6.61 Å². The molecule has 1 heterocycles. The third kappa shape index (κ3) is 4.02. The maximum atomic E-state index is 11.2. The minimum Gasteiger partial charge on any atom is -0.477 e. The molecule has 1 aromatic rings. The Labute approximate surface area is 108 Å². The summed E-state index contributed by atoms with van der Waals surface area (Å²) in [6.45, 7) is 8.41. The monoisotopic (exact) mass is 251 g/mol. The Morgan fingerprint density at radius 3 is 2.67 bits per heavy atom. The number of carboxylic acid groups (broad SMARTS) is 1. The van der Waals surface area contributed by atoms with Crippen LogP contribution in [0.5, 0.6) is 5.88 Å². The molecular formula is C14H21NO3. The molecule has 1 N–H and O–H groups in total. The summed E-state index contributed by atoms with van der Waals surface area (Å²) in [6.07, 6.45) is 1.97. The first kappa shape index (κ1) is 14.5. The summed E-state index contributed by atoms with van der Waals surface area (Å²) in [5, 5.41) is 9.16. The number of ether oxygens (including phenoxy) is 1. The molecule has 0 spiro atoms. The predicted octanol–water partition coefficient (Wildman–Crippen LogP) is 3.21. The highest BCUT2D eigenvalue weighted by Gasteiger charge is 2.16. The highest BCUT2D eigenvalue weighted by Crippen LogP contribution is 2.21. The van der Waals surface area contributed by atoms with Crippen molar-refractivity contribution in [1.29, 1.82) is 0 Å². The van der Waals surface area contributed by atoms with Gasteiger partial charge in [-0.2, -0.15) is 0 Å². The molecule has 0 aromatic carbocycles. The Balaban J connectivity index is 2.77. The maximum absolute atomic E-state index is 11.2. The average Bonchev–Trinajstić information content (AvgIpc) is 2.22. The summed E-state index contributed by atoms with van der Waals surface area (Å²) in [7, 11) is 0. The topological polar surface area (TPSA) is 59.4 Å². The van der Waals surface area contributed by atoms with Gasteiger partial charge >= 0.3 is 5.97 Å². The quantitative estimate of drug-likeness (QED) is 0.789. The average molecular weight is 251 g/mol. The minimum absolute atomic E-state index is 0.171. The lowest BCUT2D eigenvalue weighted by Gasteiger charge is -2.11. The zero-order valence-electron chi connectivity index (χ0n) is 11.5. The Hall–Kier alpha value is -1.58. The van der Waals surface area contributed by atoms with Crippen LogP contribution in [0.25, 0.3) is 0 Å². The number of rotatable bonds is 6. The molecule has 0 aliphatic rings. The van der Waals surface area contributed by atoms with E-state index in [2.05, 4.69) is 18.8 Å². The second kappa shape index (κ2) is 6.38. The second-order valence-corrected chi connectivity index (χ2v) is 4.95. The number of aryl methyl sites for hydroxylation is 2. The molecule has 0 amide bonds. The van der Waals surface area contributed by atoms with E-state index < -0.39 is 5.97 Å². The SMILES string of the molecule is Cc1cc(C)c(C(=O)O)c(OCCCC(C)C)n1. The zero-order chi connectivity index (χ0) is 13.7. The van der Waals surface area contributed by atoms with Crippen LogP contribution in [-0.4, -0.2) is 22.7 Å². The first-order chi connectivity index (χ1) is 8.41. The number of nitrogens with zero attached hydrogens (tertiary/aromatic N) is 1. The number of pyridine rings is 1. The molecule has 1 aromatic heterocycles. The van der Waals surface area contributed by atoms with Gasteiger partial charge in [-0.05, 0) is 44.2 Å². The van der Waals surface area contributed by atoms with Gasteiger partial charge in [-0.1, -0.05) is 13.8 Å². The van der Waals surface area contributed by atoms with Crippen molar-refractivity contribution in [3.8, 4) is 5.88 Å². The molecule has 0 aliphatic heterocycles. The summed E-state index contributed by atoms with van der Waals surface area (Å²) in [6, 6.07) is 1.75. The lowest BCUT2D eigenvalue weighted by molar-refractivity contribution is 0.0690. The first-order valence-corrected chi connectivity index (χ1v) is 6.26. The van der Waals surface area contributed by atoms with Crippen LogP contribution < -0.4 is 4.74 Å². The fraction of sp³-hybridized carbons (Fsp3) is 0.571. The van der Waals surface area contributed by atoms with Crippen molar-refractivity contribution in [1.82, 2.24) is 4.98 Å². The van der Waals surface area contributed by atoms with E-state index in [1.807, 2.05) is 6.92 Å². The van der Waals surface area contributed by atoms with Crippen LogP contribution >= 0.6 is 0 Å². The lowest BCUT2D eigenvalue weighted by Crippen LogP contribution is -2.09. The molecular weight excluding hydrogens is 230 g/mol. The zero-order valence-corrected chi connectivity index (χ0v) is 11.5. The molecule has 1 rings (SSSR count). The molecule has 0 aliphatic carbocycles. The van der Waals surface area contributed by atoms with Crippen LogP contribution in [0.2, 0.25) is 0 Å². The molecule has 0 saturated carbocycles. The number of hydrogen-bond donors (Lipinski definition) is 1. The second-order valence-electron chi connectivity index (χ2n) is 4.95. The van der Waals surface area contributed by atoms with E-state index in [0.29, 0.717) is 18.1 Å². The van der Waals surface area contributed by atoms with Crippen LogP contribution in [-0.2, 0) is 0 Å². The van der Waals surface area contributed by atoms with Gasteiger partial charge in [-0.15, -0.1) is 0 Å². The molecule has 0 fully saturated rings. The van der Waals surface area contributed by atoms with E-state index in [9.17, 15) is 4.79 Å². The molecule has 0 radical (unpaired) electrons. The van der Waals surface area contributed by atoms with Crippen LogP contribution in [0, 0.1) is 19.8 Å². The van der Waals surface area contributed by atoms with Crippen molar-refractivity contribution < 1.29 is 14.6 Å². The van der Waals surface area contributed by atoms with Gasteiger partial charge in [0.15, 0.2) is 0 Å². The normalized spacial score (nSPS) is 10.7. The highest BCUT2D eigenvalue weighted by atomic mass is 16.5. The number of aromatic carboxylic acids is 1. The Morgan fingerprint density at radius 1 is 1.44 bits per heavy atom. The fourth-order valence-electron chi connectivity index (χ4n) is 1.83. The molecule has 0 atom stereocenters. The number of aromatic nitrogens is 1. The minimum atomic E-state index is -0.987. The summed E-state index contributed by atoms with van der Waals surface area (Å²) >= 11 is 0. The van der Waals surface area contributed by atoms with Crippen LogP contribution in [0.4, 0.5) is 0 Å². The summed E-state index contributed by atoms with van der Waals surface area (Å²) < 4.78 is 5.52. The van der Waals surface area contributed by atoms with Crippen LogP contribution in [0.1, 0.15) is 48.3 Å². The molecule has 0 saturated heterocycles. The van der Waals surface area contributed by atoms with E-state index in [1.54, 1.807) is 13.0 Å². The van der Waals surface area contributed by atoms with E-state index in [4.69, 9.17) is 9.84 Å². The summed E-state index contributed by atoms with van der Waals surface area (Å²) in [4.78, 5) is 15.3. The van der Waals surface area contributed by atoms with Crippen molar-refractivity contribution in [3.63, 3.8) is 0 Å². The van der Waals surface area contributed by atoms with Gasteiger partial charge in [0.2, 0.25) is 5.88 Å². The van der Waals surface area contributed by atoms with Crippen LogP contribution in [0.15, 0.2) is 6.07 Å². The van der Waals surface area contributed by atoms with E-state index in [1.165, 1.54) is 0 Å². The van der Waals surface area contributed by atoms with Gasteiger partial charge in [0.1, 0.15) is 5.56 Å². The first-order valence-electron chi connectivity index (χ1n) is 6.26.